The summed E-state index contributed by atoms with van der Waals surface area (Å²) in [5.41, 5.74) is 0. The molecule has 0 aromatic heterocycles. The Labute approximate surface area is 91.4 Å². The summed E-state index contributed by atoms with van der Waals surface area (Å²) in [7, 11) is -2.95. The fourth-order valence-corrected chi connectivity index (χ4v) is 6.68. The predicted octanol–water partition coefficient (Wildman–Crippen LogP) is 2.52. The van der Waals surface area contributed by atoms with E-state index in [-0.39, 0.29) is 0 Å². The van der Waals surface area contributed by atoms with E-state index in [0.717, 1.165) is 25.0 Å². The molecule has 0 N–H and O–H groups in total. The summed E-state index contributed by atoms with van der Waals surface area (Å²) in [6.07, 6.45) is 2.86. The molecule has 1 spiro atoms. The Morgan fingerprint density at radius 3 is 2.27 bits per heavy atom. The van der Waals surface area contributed by atoms with Crippen molar-refractivity contribution >= 4 is 7.43 Å². The van der Waals surface area contributed by atoms with E-state index in [2.05, 4.69) is 24.6 Å². The Bertz CT molecular complexity index is 282. The molecule has 0 amide bonds. The van der Waals surface area contributed by atoms with Crippen LogP contribution in [0.25, 0.3) is 0 Å². The van der Waals surface area contributed by atoms with E-state index in [9.17, 15) is 0 Å². The van der Waals surface area contributed by atoms with Crippen molar-refractivity contribution in [2.75, 3.05) is 32.5 Å². The molecule has 0 saturated carbocycles. The van der Waals surface area contributed by atoms with Gasteiger partial charge in [-0.25, -0.2) is 0 Å². The van der Waals surface area contributed by atoms with Crippen LogP contribution in [0.1, 0.15) is 20.8 Å². The standard InChI is InChI=1S/C10H20NO3P/c1-4-11(5-2)15(12-7-8-13-15)9-6-10(3)14-15/h6H,4-5,7-9H2,1-3H3. The van der Waals surface area contributed by atoms with Crippen molar-refractivity contribution < 1.29 is 13.6 Å². The third-order valence-electron chi connectivity index (χ3n) is 3.06. The van der Waals surface area contributed by atoms with Crippen LogP contribution in [0.15, 0.2) is 11.8 Å². The zero-order valence-corrected chi connectivity index (χ0v) is 10.6. The molecule has 88 valence electrons. The van der Waals surface area contributed by atoms with Gasteiger partial charge in [-0.1, -0.05) is 0 Å². The average molecular weight is 233 g/mol. The van der Waals surface area contributed by atoms with E-state index < -0.39 is 7.43 Å². The average Bonchev–Trinajstić information content (AvgIpc) is 2.77. The normalized spacial score (nSPS) is 29.9. The van der Waals surface area contributed by atoms with E-state index in [4.69, 9.17) is 13.6 Å². The summed E-state index contributed by atoms with van der Waals surface area (Å²) in [6, 6.07) is 0. The number of hydrogen-bond donors (Lipinski definition) is 0. The Balaban J connectivity index is 2.32. The van der Waals surface area contributed by atoms with Crippen molar-refractivity contribution in [1.29, 1.82) is 0 Å². The van der Waals surface area contributed by atoms with Crippen molar-refractivity contribution in [1.82, 2.24) is 4.67 Å². The first-order chi connectivity index (χ1) is 7.15. The molecule has 0 aliphatic carbocycles. The van der Waals surface area contributed by atoms with Crippen LogP contribution in [0.2, 0.25) is 0 Å². The van der Waals surface area contributed by atoms with Crippen LogP contribution < -0.4 is 0 Å². The summed E-state index contributed by atoms with van der Waals surface area (Å²) in [5.74, 6) is 0.932. The van der Waals surface area contributed by atoms with Crippen LogP contribution in [0.5, 0.6) is 0 Å². The van der Waals surface area contributed by atoms with Crippen molar-refractivity contribution in [2.45, 2.75) is 20.8 Å². The van der Waals surface area contributed by atoms with E-state index in [0.29, 0.717) is 13.2 Å². The molecule has 0 aromatic rings. The molecule has 0 bridgehead atoms. The number of rotatable bonds is 3. The van der Waals surface area contributed by atoms with Gasteiger partial charge in [0, 0.05) is 0 Å². The molecule has 1 saturated heterocycles. The van der Waals surface area contributed by atoms with Gasteiger partial charge < -0.3 is 0 Å². The molecule has 4 nitrogen and oxygen atoms in total. The van der Waals surface area contributed by atoms with Crippen LogP contribution in [-0.4, -0.2) is 37.1 Å². The topological polar surface area (TPSA) is 30.9 Å². The summed E-state index contributed by atoms with van der Waals surface area (Å²) in [4.78, 5) is 0. The monoisotopic (exact) mass is 233 g/mol. The molecule has 0 atom stereocenters. The second-order valence-electron chi connectivity index (χ2n) is 3.89. The van der Waals surface area contributed by atoms with Crippen molar-refractivity contribution in [3.63, 3.8) is 0 Å². The van der Waals surface area contributed by atoms with E-state index >= 15 is 0 Å². The Morgan fingerprint density at radius 2 is 1.87 bits per heavy atom. The first-order valence-electron chi connectivity index (χ1n) is 5.59. The van der Waals surface area contributed by atoms with Crippen LogP contribution in [0, 0.1) is 0 Å². The predicted molar refractivity (Wildman–Crippen MR) is 61.5 cm³/mol. The number of nitrogens with zero attached hydrogens (tertiary/aromatic N) is 1. The summed E-state index contributed by atoms with van der Waals surface area (Å²) >= 11 is 0. The molecule has 2 aliphatic heterocycles. The Morgan fingerprint density at radius 1 is 1.27 bits per heavy atom. The summed E-state index contributed by atoms with van der Waals surface area (Å²) in [6.45, 7) is 9.30. The minimum absolute atomic E-state index is 0.648. The number of hydrogen-bond acceptors (Lipinski definition) is 4. The summed E-state index contributed by atoms with van der Waals surface area (Å²) < 4.78 is 20.2. The molecule has 0 radical (unpaired) electrons. The van der Waals surface area contributed by atoms with Gasteiger partial charge in [-0.05, 0) is 0 Å². The molecule has 0 unspecified atom stereocenters. The van der Waals surface area contributed by atoms with Crippen LogP contribution in [-0.2, 0) is 13.6 Å². The molecule has 2 aliphatic rings. The zero-order chi connectivity index (χ0) is 11.0. The van der Waals surface area contributed by atoms with Crippen molar-refractivity contribution in [3.05, 3.63) is 11.8 Å². The van der Waals surface area contributed by atoms with Gasteiger partial charge in [0.1, 0.15) is 0 Å². The molecular formula is C10H20NO3P. The molecule has 2 rings (SSSR count). The Hall–Kier alpha value is -0.150. The molecule has 0 aromatic carbocycles. The van der Waals surface area contributed by atoms with Gasteiger partial charge in [-0.3, -0.25) is 0 Å². The third kappa shape index (κ3) is 1.51. The van der Waals surface area contributed by atoms with Gasteiger partial charge in [0.25, 0.3) is 0 Å². The molecule has 2 heterocycles. The van der Waals surface area contributed by atoms with E-state index in [1.807, 2.05) is 6.92 Å². The van der Waals surface area contributed by atoms with Gasteiger partial charge in [0.15, 0.2) is 0 Å². The van der Waals surface area contributed by atoms with Crippen molar-refractivity contribution in [3.8, 4) is 0 Å². The second kappa shape index (κ2) is 3.70. The summed E-state index contributed by atoms with van der Waals surface area (Å²) in [5, 5.41) is 0. The maximum atomic E-state index is 6.01. The van der Waals surface area contributed by atoms with Crippen LogP contribution in [0.4, 0.5) is 0 Å². The molecule has 15 heavy (non-hydrogen) atoms. The van der Waals surface area contributed by atoms with Gasteiger partial charge in [0.2, 0.25) is 0 Å². The molecule has 1 fully saturated rings. The fraction of sp³-hybridized carbons (Fsp3) is 0.800. The molecular weight excluding hydrogens is 213 g/mol. The van der Waals surface area contributed by atoms with E-state index in [1.54, 1.807) is 0 Å². The van der Waals surface area contributed by atoms with Gasteiger partial charge in [-0.15, -0.1) is 0 Å². The minimum atomic E-state index is -2.95. The SMILES string of the molecule is CCN(CC)P12(CC=C(C)O1)OCCO2. The first-order valence-corrected chi connectivity index (χ1v) is 7.72. The van der Waals surface area contributed by atoms with Gasteiger partial charge in [-0.2, -0.15) is 0 Å². The zero-order valence-electron chi connectivity index (χ0n) is 9.73. The fourth-order valence-electron chi connectivity index (χ4n) is 2.38. The Kier molecular flexibility index (Phi) is 2.80. The van der Waals surface area contributed by atoms with Crippen molar-refractivity contribution in [2.24, 2.45) is 0 Å². The second-order valence-corrected chi connectivity index (χ2v) is 7.52. The van der Waals surface area contributed by atoms with Gasteiger partial charge in [0.05, 0.1) is 0 Å². The maximum absolute atomic E-state index is 6.01. The van der Waals surface area contributed by atoms with Crippen LogP contribution >= 0.6 is 7.43 Å². The van der Waals surface area contributed by atoms with Gasteiger partial charge >= 0.3 is 90.7 Å². The van der Waals surface area contributed by atoms with Crippen LogP contribution in [0.3, 0.4) is 0 Å². The number of allylic oxidation sites excluding steroid dienone is 2. The molecule has 5 heteroatoms. The quantitative estimate of drug-likeness (QED) is 0.701. The van der Waals surface area contributed by atoms with E-state index in [1.165, 1.54) is 0 Å². The first kappa shape index (κ1) is 11.3. The third-order valence-corrected chi connectivity index (χ3v) is 7.54.